The monoisotopic (exact) mass is 419 g/mol. The molecular formula is C23H22ClN5O. The van der Waals surface area contributed by atoms with Gasteiger partial charge in [-0.05, 0) is 68.1 Å². The van der Waals surface area contributed by atoms with Crippen molar-refractivity contribution in [3.8, 4) is 11.1 Å². The fourth-order valence-corrected chi connectivity index (χ4v) is 3.65. The number of nitrogens with zero attached hydrogens (tertiary/aromatic N) is 4. The molecule has 0 saturated carbocycles. The number of anilines is 1. The Kier molecular flexibility index (Phi) is 5.26. The number of hydrogen-bond donors (Lipinski definition) is 1. The van der Waals surface area contributed by atoms with Gasteiger partial charge in [0.2, 0.25) is 0 Å². The van der Waals surface area contributed by atoms with E-state index >= 15 is 0 Å². The summed E-state index contributed by atoms with van der Waals surface area (Å²) in [7, 11) is 0. The summed E-state index contributed by atoms with van der Waals surface area (Å²) >= 11 is 6.19. The largest absolute Gasteiger partial charge is 0.321 e. The normalized spacial score (nSPS) is 11.1. The average Bonchev–Trinajstić information content (AvgIpc) is 3.10. The molecule has 0 atom stereocenters. The lowest BCUT2D eigenvalue weighted by Gasteiger charge is -2.09. The topological polar surface area (TPSA) is 72.2 Å². The van der Waals surface area contributed by atoms with Crippen LogP contribution in [0.3, 0.4) is 0 Å². The van der Waals surface area contributed by atoms with Crippen molar-refractivity contribution in [2.45, 2.75) is 34.1 Å². The zero-order valence-electron chi connectivity index (χ0n) is 17.3. The van der Waals surface area contributed by atoms with Crippen LogP contribution in [0.4, 0.5) is 5.69 Å². The minimum Gasteiger partial charge on any atom is -0.321 e. The van der Waals surface area contributed by atoms with Crippen molar-refractivity contribution in [1.82, 2.24) is 19.8 Å². The molecular weight excluding hydrogens is 398 g/mol. The van der Waals surface area contributed by atoms with Crippen LogP contribution in [-0.2, 0) is 6.42 Å². The van der Waals surface area contributed by atoms with Crippen molar-refractivity contribution in [2.24, 2.45) is 0 Å². The maximum atomic E-state index is 12.9. The number of fused-ring (bicyclic) bond motifs is 1. The van der Waals surface area contributed by atoms with Gasteiger partial charge in [0.05, 0.1) is 17.0 Å². The van der Waals surface area contributed by atoms with Gasteiger partial charge in [-0.25, -0.2) is 4.52 Å². The van der Waals surface area contributed by atoms with Crippen molar-refractivity contribution in [3.05, 3.63) is 75.7 Å². The molecule has 2 aromatic carbocycles. The van der Waals surface area contributed by atoms with Crippen LogP contribution in [0, 0.1) is 20.8 Å². The molecule has 2 heterocycles. The molecule has 4 rings (SSSR count). The molecule has 30 heavy (non-hydrogen) atoms. The number of carbonyl (C=O) groups excluding carboxylic acids is 1. The van der Waals surface area contributed by atoms with E-state index in [4.69, 9.17) is 16.7 Å². The summed E-state index contributed by atoms with van der Waals surface area (Å²) in [5, 5.41) is 16.9. The molecule has 152 valence electrons. The number of nitrogens with one attached hydrogen (secondary N) is 1. The third-order valence-electron chi connectivity index (χ3n) is 5.27. The van der Waals surface area contributed by atoms with Crippen LogP contribution >= 0.6 is 11.6 Å². The number of aryl methyl sites for hydroxylation is 4. The number of carbonyl (C=O) groups is 1. The van der Waals surface area contributed by atoms with Gasteiger partial charge in [-0.3, -0.25) is 4.79 Å². The van der Waals surface area contributed by atoms with Crippen molar-refractivity contribution < 1.29 is 4.79 Å². The molecule has 1 N–H and O–H groups in total. The summed E-state index contributed by atoms with van der Waals surface area (Å²) in [5.41, 5.74) is 7.16. The molecule has 0 radical (unpaired) electrons. The minimum absolute atomic E-state index is 0.239. The summed E-state index contributed by atoms with van der Waals surface area (Å²) < 4.78 is 1.69. The van der Waals surface area contributed by atoms with Gasteiger partial charge in [0.1, 0.15) is 0 Å². The second kappa shape index (κ2) is 7.88. The molecule has 0 aliphatic rings. The standard InChI is InChI=1S/C23H22ClN5O/c1-5-19-20(16-7-6-8-17(24)12-16)22-27-26-21(15(4)29(22)28-19)23(30)25-18-10-9-13(2)14(3)11-18/h6-12H,5H2,1-4H3,(H,25,30). The number of halogens is 1. The second-order valence-corrected chi connectivity index (χ2v) is 7.74. The Morgan fingerprint density at radius 2 is 1.87 bits per heavy atom. The van der Waals surface area contributed by atoms with E-state index in [0.717, 1.165) is 34.5 Å². The second-order valence-electron chi connectivity index (χ2n) is 7.31. The quantitative estimate of drug-likeness (QED) is 0.494. The number of benzene rings is 2. The first kappa shape index (κ1) is 20.0. The molecule has 0 aliphatic heterocycles. The van der Waals surface area contributed by atoms with E-state index in [0.29, 0.717) is 16.4 Å². The summed E-state index contributed by atoms with van der Waals surface area (Å²) in [6.07, 6.45) is 0.717. The molecule has 6 nitrogen and oxygen atoms in total. The SMILES string of the molecule is CCc1nn2c(C)c(C(=O)Nc3ccc(C)c(C)c3)nnc2c1-c1cccc(Cl)c1. The third-order valence-corrected chi connectivity index (χ3v) is 5.50. The molecule has 0 fully saturated rings. The fraction of sp³-hybridized carbons (Fsp3) is 0.217. The summed E-state index contributed by atoms with van der Waals surface area (Å²) in [4.78, 5) is 12.9. The van der Waals surface area contributed by atoms with E-state index in [-0.39, 0.29) is 11.6 Å². The third kappa shape index (κ3) is 3.55. The van der Waals surface area contributed by atoms with Crippen LogP contribution in [0.15, 0.2) is 42.5 Å². The van der Waals surface area contributed by atoms with Crippen LogP contribution in [0.5, 0.6) is 0 Å². The molecule has 0 bridgehead atoms. The van der Waals surface area contributed by atoms with Gasteiger partial charge < -0.3 is 5.32 Å². The lowest BCUT2D eigenvalue weighted by molar-refractivity contribution is 0.102. The molecule has 0 unspecified atom stereocenters. The van der Waals surface area contributed by atoms with E-state index in [1.54, 1.807) is 4.52 Å². The molecule has 0 aliphatic carbocycles. The van der Waals surface area contributed by atoms with Gasteiger partial charge in [-0.1, -0.05) is 36.7 Å². The van der Waals surface area contributed by atoms with E-state index < -0.39 is 0 Å². The number of hydrogen-bond acceptors (Lipinski definition) is 4. The van der Waals surface area contributed by atoms with Gasteiger partial charge >= 0.3 is 0 Å². The first-order chi connectivity index (χ1) is 14.4. The lowest BCUT2D eigenvalue weighted by Crippen LogP contribution is -2.18. The molecule has 4 aromatic rings. The molecule has 2 aromatic heterocycles. The highest BCUT2D eigenvalue weighted by atomic mass is 35.5. The zero-order chi connectivity index (χ0) is 21.4. The molecule has 0 spiro atoms. The Hall–Kier alpha value is -3.25. The Morgan fingerprint density at radius 1 is 1.07 bits per heavy atom. The lowest BCUT2D eigenvalue weighted by atomic mass is 10.0. The molecule has 1 amide bonds. The smallest absolute Gasteiger partial charge is 0.278 e. The van der Waals surface area contributed by atoms with Gasteiger partial charge in [0.15, 0.2) is 11.3 Å². The Bertz CT molecular complexity index is 1280. The van der Waals surface area contributed by atoms with Crippen molar-refractivity contribution in [1.29, 1.82) is 0 Å². The van der Waals surface area contributed by atoms with Crippen LogP contribution in [-0.4, -0.2) is 25.7 Å². The Morgan fingerprint density at radius 3 is 2.57 bits per heavy atom. The van der Waals surface area contributed by atoms with Gasteiger partial charge in [0, 0.05) is 10.7 Å². The summed E-state index contributed by atoms with van der Waals surface area (Å²) in [6, 6.07) is 13.4. The average molecular weight is 420 g/mol. The van der Waals surface area contributed by atoms with Crippen LogP contribution < -0.4 is 5.32 Å². The van der Waals surface area contributed by atoms with E-state index in [1.165, 1.54) is 5.56 Å². The van der Waals surface area contributed by atoms with E-state index in [2.05, 4.69) is 15.5 Å². The highest BCUT2D eigenvalue weighted by molar-refractivity contribution is 6.30. The van der Waals surface area contributed by atoms with Crippen molar-refractivity contribution in [2.75, 3.05) is 5.32 Å². The Balaban J connectivity index is 1.77. The van der Waals surface area contributed by atoms with Gasteiger partial charge in [-0.15, -0.1) is 10.2 Å². The summed E-state index contributed by atoms with van der Waals surface area (Å²) in [6.45, 7) is 7.90. The number of amides is 1. The summed E-state index contributed by atoms with van der Waals surface area (Å²) in [5.74, 6) is -0.317. The first-order valence-corrected chi connectivity index (χ1v) is 10.2. The van der Waals surface area contributed by atoms with Crippen molar-refractivity contribution in [3.63, 3.8) is 0 Å². The molecule has 7 heteroatoms. The number of rotatable bonds is 4. The highest BCUT2D eigenvalue weighted by Crippen LogP contribution is 2.30. The zero-order valence-corrected chi connectivity index (χ0v) is 18.1. The number of aromatic nitrogens is 4. The maximum Gasteiger partial charge on any atom is 0.278 e. The molecule has 0 saturated heterocycles. The van der Waals surface area contributed by atoms with Crippen LogP contribution in [0.2, 0.25) is 5.02 Å². The van der Waals surface area contributed by atoms with Gasteiger partial charge in [-0.2, -0.15) is 5.10 Å². The van der Waals surface area contributed by atoms with Gasteiger partial charge in [0.25, 0.3) is 5.91 Å². The highest BCUT2D eigenvalue weighted by Gasteiger charge is 2.21. The predicted octanol–water partition coefficient (Wildman–Crippen LogP) is 5.18. The van der Waals surface area contributed by atoms with Crippen LogP contribution in [0.25, 0.3) is 16.8 Å². The fourth-order valence-electron chi connectivity index (χ4n) is 3.46. The first-order valence-electron chi connectivity index (χ1n) is 9.78. The van der Waals surface area contributed by atoms with E-state index in [1.807, 2.05) is 70.2 Å². The van der Waals surface area contributed by atoms with E-state index in [9.17, 15) is 4.79 Å². The Labute approximate surface area is 179 Å². The maximum absolute atomic E-state index is 12.9. The predicted molar refractivity (Wildman–Crippen MR) is 119 cm³/mol. The van der Waals surface area contributed by atoms with Crippen LogP contribution in [0.1, 0.15) is 39.9 Å². The van der Waals surface area contributed by atoms with Crippen molar-refractivity contribution >= 4 is 28.8 Å². The minimum atomic E-state index is -0.317.